The number of benzene rings is 2. The number of sulfonamides is 1. The Balaban J connectivity index is 0.00000194. The van der Waals surface area contributed by atoms with Gasteiger partial charge in [0.25, 0.3) is 0 Å². The first kappa shape index (κ1) is 25.8. The monoisotopic (exact) mass is 554 g/mol. The number of β-amino-alcohol motifs (C(OH)–C–C–N with tert-alkyl or cyclic N) is 1. The maximum atomic E-state index is 13.3. The third-order valence-corrected chi connectivity index (χ3v) is 9.55. The van der Waals surface area contributed by atoms with E-state index in [1.807, 2.05) is 35.2 Å². The molecule has 208 valence electrons. The maximum absolute atomic E-state index is 13.3. The zero-order valence-electron chi connectivity index (χ0n) is 21.4. The molecule has 3 heterocycles. The number of nitrogens with zero attached hydrogens (tertiary/aromatic N) is 3. The first-order valence-corrected chi connectivity index (χ1v) is 14.5. The topological polar surface area (TPSA) is 121 Å². The molecular weight excluding hydrogens is 520 g/mol. The number of hydrogen-bond acceptors (Lipinski definition) is 8. The Morgan fingerprint density at radius 1 is 1.00 bits per heavy atom. The molecule has 1 aromatic heterocycles. The molecule has 6 rings (SSSR count). The fourth-order valence-electron chi connectivity index (χ4n) is 5.15. The maximum Gasteiger partial charge on any atom is 0.243 e. The van der Waals surface area contributed by atoms with Gasteiger partial charge in [-0.3, -0.25) is 9.69 Å². The minimum Gasteiger partial charge on any atom is -0.454 e. The van der Waals surface area contributed by atoms with E-state index < -0.39 is 15.4 Å². The quantitative estimate of drug-likeness (QED) is 0.436. The van der Waals surface area contributed by atoms with Gasteiger partial charge in [0.05, 0.1) is 22.6 Å². The fourth-order valence-corrected chi connectivity index (χ4v) is 6.57. The van der Waals surface area contributed by atoms with Crippen LogP contribution in [-0.2, 0) is 20.2 Å². The SMILES string of the molecule is O=C(Nc1cccc(-c2ccc(S(=O)(=O)N3CCN(CCO)CC3)cc2)n1)C1(c2ccc3c(c2)OCO3)CC1.[HH].[HH]. The number of ether oxygens (including phenoxy) is 2. The first-order valence-electron chi connectivity index (χ1n) is 13.0. The van der Waals surface area contributed by atoms with E-state index in [0.717, 1.165) is 24.0 Å². The molecule has 0 bridgehead atoms. The predicted octanol–water partition coefficient (Wildman–Crippen LogP) is 2.94. The van der Waals surface area contributed by atoms with Crippen LogP contribution < -0.4 is 14.8 Å². The van der Waals surface area contributed by atoms with Gasteiger partial charge < -0.3 is 19.9 Å². The Morgan fingerprint density at radius 2 is 1.74 bits per heavy atom. The molecule has 2 aliphatic heterocycles. The number of aromatic nitrogens is 1. The number of pyridine rings is 1. The zero-order chi connectivity index (χ0) is 27.0. The van der Waals surface area contributed by atoms with Crippen LogP contribution in [0.1, 0.15) is 21.3 Å². The van der Waals surface area contributed by atoms with Crippen LogP contribution in [0.2, 0.25) is 0 Å². The summed E-state index contributed by atoms with van der Waals surface area (Å²) in [7, 11) is -3.61. The van der Waals surface area contributed by atoms with Gasteiger partial charge in [-0.05, 0) is 54.8 Å². The number of carbonyl (C=O) groups is 1. The van der Waals surface area contributed by atoms with Gasteiger partial charge in [0.2, 0.25) is 22.7 Å². The second-order valence-corrected chi connectivity index (χ2v) is 11.9. The van der Waals surface area contributed by atoms with Gasteiger partial charge in [-0.15, -0.1) is 0 Å². The molecule has 2 N–H and O–H groups in total. The molecule has 1 amide bonds. The summed E-state index contributed by atoms with van der Waals surface area (Å²) in [5.74, 6) is 1.65. The highest BCUT2D eigenvalue weighted by molar-refractivity contribution is 7.89. The van der Waals surface area contributed by atoms with Crippen LogP contribution in [0.15, 0.2) is 65.6 Å². The van der Waals surface area contributed by atoms with Gasteiger partial charge >= 0.3 is 0 Å². The standard InChI is InChI=1S/C28H30N4O6S.2H2/c33-17-16-31-12-14-32(15-13-31)39(35,36)22-7-4-20(5-8-22)23-2-1-3-26(29-23)30-27(34)28(10-11-28)21-6-9-24-25(18-21)38-19-37-24;;/h1-9,18,33H,10-17,19H2,(H,29,30,34);2*1H. The lowest BCUT2D eigenvalue weighted by atomic mass is 9.94. The molecular formula is C28H34N4O6S. The van der Waals surface area contributed by atoms with Crippen molar-refractivity contribution in [2.45, 2.75) is 23.2 Å². The number of aliphatic hydroxyl groups is 1. The Labute approximate surface area is 230 Å². The minimum absolute atomic E-state index is 0. The largest absolute Gasteiger partial charge is 0.454 e. The van der Waals surface area contributed by atoms with Crippen molar-refractivity contribution in [3.63, 3.8) is 0 Å². The summed E-state index contributed by atoms with van der Waals surface area (Å²) in [6, 6.07) is 17.7. The highest BCUT2D eigenvalue weighted by Crippen LogP contribution is 2.51. The van der Waals surface area contributed by atoms with Gasteiger partial charge in [0.1, 0.15) is 5.82 Å². The van der Waals surface area contributed by atoms with Crippen LogP contribution in [0, 0.1) is 0 Å². The number of nitrogens with one attached hydrogen (secondary N) is 1. The Kier molecular flexibility index (Phi) is 6.76. The number of fused-ring (bicyclic) bond motifs is 1. The van der Waals surface area contributed by atoms with Crippen molar-refractivity contribution in [1.29, 1.82) is 0 Å². The average molecular weight is 555 g/mol. The third kappa shape index (κ3) is 4.98. The second kappa shape index (κ2) is 10.2. The number of aliphatic hydroxyl groups excluding tert-OH is 1. The summed E-state index contributed by atoms with van der Waals surface area (Å²) in [4.78, 5) is 20.2. The van der Waals surface area contributed by atoms with Crippen LogP contribution in [0.25, 0.3) is 11.3 Å². The van der Waals surface area contributed by atoms with Crippen LogP contribution >= 0.6 is 0 Å². The molecule has 1 aliphatic carbocycles. The highest BCUT2D eigenvalue weighted by Gasteiger charge is 2.51. The number of rotatable bonds is 8. The minimum atomic E-state index is -3.61. The normalized spacial score (nSPS) is 18.6. The van der Waals surface area contributed by atoms with Crippen molar-refractivity contribution in [2.75, 3.05) is 51.4 Å². The van der Waals surface area contributed by atoms with E-state index in [1.54, 1.807) is 30.3 Å². The number of piperazine rings is 1. The predicted molar refractivity (Wildman–Crippen MR) is 148 cm³/mol. The summed E-state index contributed by atoms with van der Waals surface area (Å²) in [6.07, 6.45) is 1.48. The molecule has 2 fully saturated rings. The molecule has 0 unspecified atom stereocenters. The van der Waals surface area contributed by atoms with E-state index in [-0.39, 0.29) is 27.1 Å². The van der Waals surface area contributed by atoms with Gasteiger partial charge in [-0.2, -0.15) is 4.31 Å². The molecule has 1 saturated heterocycles. The van der Waals surface area contributed by atoms with Crippen molar-refractivity contribution in [3.05, 3.63) is 66.2 Å². The van der Waals surface area contributed by atoms with E-state index >= 15 is 0 Å². The molecule has 0 radical (unpaired) electrons. The van der Waals surface area contributed by atoms with Crippen LogP contribution in [0.4, 0.5) is 5.82 Å². The summed E-state index contributed by atoms with van der Waals surface area (Å²) in [5, 5.41) is 12.1. The van der Waals surface area contributed by atoms with E-state index in [9.17, 15) is 13.2 Å². The van der Waals surface area contributed by atoms with Crippen LogP contribution in [0.3, 0.4) is 0 Å². The molecule has 0 spiro atoms. The van der Waals surface area contributed by atoms with Crippen molar-refractivity contribution in [1.82, 2.24) is 14.2 Å². The second-order valence-electron chi connectivity index (χ2n) is 10.0. The van der Waals surface area contributed by atoms with Gasteiger partial charge in [0.15, 0.2) is 11.5 Å². The molecule has 39 heavy (non-hydrogen) atoms. The van der Waals surface area contributed by atoms with Crippen LogP contribution in [-0.4, -0.2) is 79.7 Å². The number of hydrogen-bond donors (Lipinski definition) is 2. The lowest BCUT2D eigenvalue weighted by Crippen LogP contribution is -2.49. The van der Waals surface area contributed by atoms with Crippen molar-refractivity contribution >= 4 is 21.7 Å². The lowest BCUT2D eigenvalue weighted by molar-refractivity contribution is -0.118. The van der Waals surface area contributed by atoms with E-state index in [0.29, 0.717) is 55.7 Å². The van der Waals surface area contributed by atoms with Crippen molar-refractivity contribution in [2.24, 2.45) is 0 Å². The number of anilines is 1. The van der Waals surface area contributed by atoms with Gasteiger partial charge in [-0.25, -0.2) is 13.4 Å². The lowest BCUT2D eigenvalue weighted by Gasteiger charge is -2.33. The van der Waals surface area contributed by atoms with Crippen molar-refractivity contribution < 1.29 is 30.6 Å². The zero-order valence-corrected chi connectivity index (χ0v) is 22.2. The molecule has 3 aromatic rings. The van der Waals surface area contributed by atoms with E-state index in [2.05, 4.69) is 10.3 Å². The fraction of sp³-hybridized carbons (Fsp3) is 0.357. The van der Waals surface area contributed by atoms with E-state index in [4.69, 9.17) is 14.6 Å². The Morgan fingerprint density at radius 3 is 2.46 bits per heavy atom. The Bertz CT molecular complexity index is 1490. The molecule has 11 heteroatoms. The molecule has 1 saturated carbocycles. The molecule has 10 nitrogen and oxygen atoms in total. The summed E-state index contributed by atoms with van der Waals surface area (Å²) >= 11 is 0. The van der Waals surface area contributed by atoms with Gasteiger partial charge in [0, 0.05) is 41.1 Å². The van der Waals surface area contributed by atoms with E-state index in [1.165, 1.54) is 4.31 Å². The first-order chi connectivity index (χ1) is 18.9. The molecule has 2 aromatic carbocycles. The average Bonchev–Trinajstić information content (AvgIpc) is 3.64. The highest BCUT2D eigenvalue weighted by atomic mass is 32.2. The summed E-state index contributed by atoms with van der Waals surface area (Å²) < 4.78 is 38.6. The summed E-state index contributed by atoms with van der Waals surface area (Å²) in [5.41, 5.74) is 1.65. The third-order valence-electron chi connectivity index (χ3n) is 7.64. The number of amides is 1. The Hall–Kier alpha value is -3.51. The van der Waals surface area contributed by atoms with Crippen molar-refractivity contribution in [3.8, 4) is 22.8 Å². The van der Waals surface area contributed by atoms with Gasteiger partial charge in [-0.1, -0.05) is 24.3 Å². The molecule has 3 aliphatic rings. The number of carbonyl (C=O) groups excluding carboxylic acids is 1. The molecule has 0 atom stereocenters. The smallest absolute Gasteiger partial charge is 0.243 e. The summed E-state index contributed by atoms with van der Waals surface area (Å²) in [6.45, 7) is 2.77. The van der Waals surface area contributed by atoms with Crippen LogP contribution in [0.5, 0.6) is 11.5 Å².